The van der Waals surface area contributed by atoms with Gasteiger partial charge in [-0.25, -0.2) is 14.6 Å². The van der Waals surface area contributed by atoms with Crippen LogP contribution in [0, 0.1) is 0 Å². The lowest BCUT2D eigenvalue weighted by molar-refractivity contribution is 0.0815. The molecule has 6 rings (SSSR count). The van der Waals surface area contributed by atoms with Gasteiger partial charge < -0.3 is 21.7 Å². The Bertz CT molecular complexity index is 1400. The molecule has 38 heavy (non-hydrogen) atoms. The molecule has 1 saturated heterocycles. The number of anilines is 3. The first-order valence-electron chi connectivity index (χ1n) is 13.7. The molecule has 4 aromatic rings. The molecule has 2 fully saturated rings. The summed E-state index contributed by atoms with van der Waals surface area (Å²) in [5.41, 5.74) is 18.1. The zero-order chi connectivity index (χ0) is 26.1. The fourth-order valence-electron chi connectivity index (χ4n) is 6.02. The number of benzene rings is 2. The molecule has 2 aromatic heterocycles. The number of nitrogens with two attached hydrogens (primary N) is 2. The van der Waals surface area contributed by atoms with Gasteiger partial charge >= 0.3 is 0 Å². The van der Waals surface area contributed by atoms with Crippen molar-refractivity contribution in [2.45, 2.75) is 44.3 Å². The lowest BCUT2D eigenvalue weighted by atomic mass is 9.90. The second-order valence-corrected chi connectivity index (χ2v) is 10.7. The van der Waals surface area contributed by atoms with Gasteiger partial charge in [-0.15, -0.1) is 0 Å². The van der Waals surface area contributed by atoms with E-state index in [1.165, 1.54) is 25.9 Å². The van der Waals surface area contributed by atoms with E-state index >= 15 is 0 Å². The first-order valence-corrected chi connectivity index (χ1v) is 13.7. The van der Waals surface area contributed by atoms with E-state index in [1.54, 1.807) is 6.33 Å². The van der Waals surface area contributed by atoms with Crippen molar-refractivity contribution >= 4 is 28.2 Å². The van der Waals surface area contributed by atoms with E-state index in [2.05, 4.69) is 48.9 Å². The standard InChI is InChI=1S/C29H37N9/c1-36-14-16-37(17-15-36)21-10-12-22(13-11-21)38-29-26(28(31)33-19-34-29)27(35-38)23-7-3-5-9-25(23)32-18-20-6-2-4-8-24(20)30/h2-9,19,21-22,32H,10-18,30H2,1H3,(H2,31,33,34). The van der Waals surface area contributed by atoms with Gasteiger partial charge in [0.05, 0.1) is 11.4 Å². The van der Waals surface area contributed by atoms with Gasteiger partial charge in [0, 0.05) is 55.7 Å². The summed E-state index contributed by atoms with van der Waals surface area (Å²) in [6.07, 6.45) is 6.09. The highest BCUT2D eigenvalue weighted by Gasteiger charge is 2.31. The maximum Gasteiger partial charge on any atom is 0.164 e. The Morgan fingerprint density at radius 3 is 2.37 bits per heavy atom. The Kier molecular flexibility index (Phi) is 6.86. The second-order valence-electron chi connectivity index (χ2n) is 10.7. The van der Waals surface area contributed by atoms with Crippen LogP contribution in [0.4, 0.5) is 17.2 Å². The van der Waals surface area contributed by atoms with Crippen molar-refractivity contribution in [3.8, 4) is 11.3 Å². The Balaban J connectivity index is 1.28. The predicted octanol–water partition coefficient (Wildman–Crippen LogP) is 4.00. The lowest BCUT2D eigenvalue weighted by Crippen LogP contribution is -2.49. The number of hydrogen-bond acceptors (Lipinski definition) is 8. The topological polar surface area (TPSA) is 114 Å². The molecule has 0 radical (unpaired) electrons. The number of fused-ring (bicyclic) bond motifs is 1. The monoisotopic (exact) mass is 511 g/mol. The van der Waals surface area contributed by atoms with E-state index in [0.29, 0.717) is 24.4 Å². The summed E-state index contributed by atoms with van der Waals surface area (Å²) in [6, 6.07) is 17.1. The molecule has 1 aliphatic carbocycles. The number of para-hydroxylation sites is 2. The van der Waals surface area contributed by atoms with E-state index in [9.17, 15) is 0 Å². The number of nitrogen functional groups attached to an aromatic ring is 2. The molecule has 1 saturated carbocycles. The molecule has 9 nitrogen and oxygen atoms in total. The Morgan fingerprint density at radius 1 is 0.868 bits per heavy atom. The minimum atomic E-state index is 0.300. The number of hydrogen-bond donors (Lipinski definition) is 3. The highest BCUT2D eigenvalue weighted by molar-refractivity contribution is 6.00. The van der Waals surface area contributed by atoms with Gasteiger partial charge in [-0.3, -0.25) is 4.90 Å². The van der Waals surface area contributed by atoms with Crippen molar-refractivity contribution in [1.82, 2.24) is 29.5 Å². The normalized spacial score (nSPS) is 21.1. The fourth-order valence-corrected chi connectivity index (χ4v) is 6.02. The number of nitrogens with one attached hydrogen (secondary N) is 1. The van der Waals surface area contributed by atoms with Crippen LogP contribution in [0.1, 0.15) is 37.3 Å². The van der Waals surface area contributed by atoms with Gasteiger partial charge in [0.25, 0.3) is 0 Å². The van der Waals surface area contributed by atoms with Crippen LogP contribution >= 0.6 is 0 Å². The molecule has 2 aromatic carbocycles. The van der Waals surface area contributed by atoms with E-state index < -0.39 is 0 Å². The van der Waals surface area contributed by atoms with Crippen molar-refractivity contribution in [1.29, 1.82) is 0 Å². The summed E-state index contributed by atoms with van der Waals surface area (Å²) >= 11 is 0. The molecule has 198 valence electrons. The number of piperazine rings is 1. The van der Waals surface area contributed by atoms with E-state index in [4.69, 9.17) is 16.6 Å². The van der Waals surface area contributed by atoms with Crippen molar-refractivity contribution in [3.05, 3.63) is 60.4 Å². The third-order valence-corrected chi connectivity index (χ3v) is 8.29. The van der Waals surface area contributed by atoms with Gasteiger partial charge in [0.2, 0.25) is 0 Å². The number of likely N-dealkylation sites (N-methyl/N-ethyl adjacent to an activating group) is 1. The summed E-state index contributed by atoms with van der Waals surface area (Å²) in [5.74, 6) is 0.462. The van der Waals surface area contributed by atoms with Gasteiger partial charge in [-0.05, 0) is 50.4 Å². The zero-order valence-electron chi connectivity index (χ0n) is 22.1. The van der Waals surface area contributed by atoms with Gasteiger partial charge in [0.1, 0.15) is 17.8 Å². The first-order chi connectivity index (χ1) is 18.6. The van der Waals surface area contributed by atoms with Crippen LogP contribution < -0.4 is 16.8 Å². The predicted molar refractivity (Wildman–Crippen MR) is 154 cm³/mol. The third kappa shape index (κ3) is 4.79. The molecule has 0 spiro atoms. The Labute approximate surface area is 223 Å². The van der Waals surface area contributed by atoms with Crippen molar-refractivity contribution in [2.75, 3.05) is 50.0 Å². The average Bonchev–Trinajstić information content (AvgIpc) is 3.34. The lowest BCUT2D eigenvalue weighted by Gasteiger charge is -2.41. The maximum absolute atomic E-state index is 6.45. The molecular weight excluding hydrogens is 474 g/mol. The molecule has 5 N–H and O–H groups in total. The van der Waals surface area contributed by atoms with Crippen LogP contribution in [0.3, 0.4) is 0 Å². The molecule has 2 aliphatic rings. The second kappa shape index (κ2) is 10.6. The first kappa shape index (κ1) is 24.6. The van der Waals surface area contributed by atoms with Gasteiger partial charge in [-0.2, -0.15) is 5.10 Å². The largest absolute Gasteiger partial charge is 0.398 e. The Morgan fingerprint density at radius 2 is 1.58 bits per heavy atom. The van der Waals surface area contributed by atoms with Crippen LogP contribution in [0.2, 0.25) is 0 Å². The van der Waals surface area contributed by atoms with Crippen molar-refractivity contribution < 1.29 is 0 Å². The van der Waals surface area contributed by atoms with Crippen LogP contribution in [0.15, 0.2) is 54.9 Å². The van der Waals surface area contributed by atoms with Crippen LogP contribution in [-0.4, -0.2) is 68.8 Å². The third-order valence-electron chi connectivity index (χ3n) is 8.29. The minimum Gasteiger partial charge on any atom is -0.398 e. The van der Waals surface area contributed by atoms with Crippen LogP contribution in [0.5, 0.6) is 0 Å². The summed E-state index contributed by atoms with van der Waals surface area (Å²) in [4.78, 5) is 14.1. The SMILES string of the molecule is CN1CCN(C2CCC(n3nc(-c4ccccc4NCc4ccccc4N)c4c(N)ncnc43)CC2)CC1. The van der Waals surface area contributed by atoms with Crippen molar-refractivity contribution in [3.63, 3.8) is 0 Å². The zero-order valence-corrected chi connectivity index (χ0v) is 22.1. The smallest absolute Gasteiger partial charge is 0.164 e. The summed E-state index contributed by atoms with van der Waals surface area (Å²) in [5, 5.41) is 9.56. The molecule has 0 atom stereocenters. The molecule has 0 amide bonds. The quantitative estimate of drug-likeness (QED) is 0.333. The van der Waals surface area contributed by atoms with E-state index in [0.717, 1.165) is 65.2 Å². The summed E-state index contributed by atoms with van der Waals surface area (Å²) in [7, 11) is 2.22. The van der Waals surface area contributed by atoms with Crippen molar-refractivity contribution in [2.24, 2.45) is 0 Å². The fraction of sp³-hybridized carbons (Fsp3) is 0.414. The molecular formula is C29H37N9. The summed E-state index contributed by atoms with van der Waals surface area (Å²) < 4.78 is 2.12. The molecule has 9 heteroatoms. The molecule has 1 aliphatic heterocycles. The maximum atomic E-state index is 6.45. The molecule has 3 heterocycles. The molecule has 0 bridgehead atoms. The van der Waals surface area contributed by atoms with Crippen LogP contribution in [0.25, 0.3) is 22.3 Å². The minimum absolute atomic E-state index is 0.300. The van der Waals surface area contributed by atoms with Crippen LogP contribution in [-0.2, 0) is 6.54 Å². The highest BCUT2D eigenvalue weighted by Crippen LogP contribution is 2.39. The Hall–Kier alpha value is -3.69. The highest BCUT2D eigenvalue weighted by atomic mass is 15.3. The number of nitrogens with zero attached hydrogens (tertiary/aromatic N) is 6. The summed E-state index contributed by atoms with van der Waals surface area (Å²) in [6.45, 7) is 5.28. The van der Waals surface area contributed by atoms with Gasteiger partial charge in [-0.1, -0.05) is 36.4 Å². The average molecular weight is 512 g/mol. The van der Waals surface area contributed by atoms with E-state index in [-0.39, 0.29) is 0 Å². The van der Waals surface area contributed by atoms with Gasteiger partial charge in [0.15, 0.2) is 5.65 Å². The number of aromatic nitrogens is 4. The number of rotatable bonds is 6. The molecule has 0 unspecified atom stereocenters. The van der Waals surface area contributed by atoms with E-state index in [1.807, 2.05) is 36.4 Å².